The van der Waals surface area contributed by atoms with Gasteiger partial charge in [-0.2, -0.15) is 0 Å². The largest absolute Gasteiger partial charge is 0.468 e. The van der Waals surface area contributed by atoms with Gasteiger partial charge in [0, 0.05) is 13.1 Å². The minimum Gasteiger partial charge on any atom is -0.468 e. The first-order valence-corrected chi connectivity index (χ1v) is 7.21. The first-order valence-electron chi connectivity index (χ1n) is 7.21. The highest BCUT2D eigenvalue weighted by molar-refractivity contribution is 4.97. The molecule has 0 atom stereocenters. The molecule has 1 aliphatic heterocycles. The van der Waals surface area contributed by atoms with E-state index in [0.29, 0.717) is 0 Å². The van der Waals surface area contributed by atoms with Gasteiger partial charge in [0.2, 0.25) is 0 Å². The molecule has 1 aromatic heterocycles. The van der Waals surface area contributed by atoms with E-state index in [9.17, 15) is 0 Å². The molecule has 18 heavy (non-hydrogen) atoms. The third-order valence-electron chi connectivity index (χ3n) is 4.06. The second-order valence-corrected chi connectivity index (χ2v) is 5.68. The minimum absolute atomic E-state index is 0.843. The fraction of sp³-hybridized carbons (Fsp3) is 0.733. The predicted molar refractivity (Wildman–Crippen MR) is 74.4 cm³/mol. The molecular formula is C15H26N2O. The number of nitrogens with zero attached hydrogens (tertiary/aromatic N) is 1. The number of hydrogen-bond acceptors (Lipinski definition) is 3. The van der Waals surface area contributed by atoms with Gasteiger partial charge < -0.3 is 14.6 Å². The summed E-state index contributed by atoms with van der Waals surface area (Å²) in [5.41, 5.74) is 0. The van der Waals surface area contributed by atoms with Crippen molar-refractivity contribution >= 4 is 0 Å². The molecule has 0 saturated carbocycles. The van der Waals surface area contributed by atoms with E-state index in [-0.39, 0.29) is 0 Å². The number of hydrogen-bond donors (Lipinski definition) is 1. The Hall–Kier alpha value is -0.800. The molecule has 1 aromatic rings. The normalized spacial score (nSPS) is 18.6. The maximum absolute atomic E-state index is 5.29. The van der Waals surface area contributed by atoms with Gasteiger partial charge in [-0.05, 0) is 49.9 Å². The van der Waals surface area contributed by atoms with Gasteiger partial charge in [0.25, 0.3) is 0 Å². The van der Waals surface area contributed by atoms with Crippen molar-refractivity contribution in [1.29, 1.82) is 0 Å². The summed E-state index contributed by atoms with van der Waals surface area (Å²) in [5, 5.41) is 3.43. The van der Waals surface area contributed by atoms with Crippen molar-refractivity contribution in [3.05, 3.63) is 24.2 Å². The molecule has 0 spiro atoms. The van der Waals surface area contributed by atoms with Gasteiger partial charge in [-0.3, -0.25) is 0 Å². The molecule has 0 amide bonds. The van der Waals surface area contributed by atoms with Crippen LogP contribution < -0.4 is 5.32 Å². The van der Waals surface area contributed by atoms with Crippen molar-refractivity contribution in [2.45, 2.75) is 33.2 Å². The van der Waals surface area contributed by atoms with E-state index in [1.165, 1.54) is 25.9 Å². The lowest BCUT2D eigenvalue weighted by Gasteiger charge is -2.33. The molecule has 3 heteroatoms. The minimum atomic E-state index is 0.843. The van der Waals surface area contributed by atoms with Crippen LogP contribution in [0.2, 0.25) is 0 Å². The third-order valence-corrected chi connectivity index (χ3v) is 4.06. The van der Waals surface area contributed by atoms with Crippen LogP contribution in [0.3, 0.4) is 0 Å². The van der Waals surface area contributed by atoms with Crippen molar-refractivity contribution < 1.29 is 4.42 Å². The van der Waals surface area contributed by atoms with Gasteiger partial charge in [0.1, 0.15) is 5.76 Å². The van der Waals surface area contributed by atoms with Crippen LogP contribution >= 0.6 is 0 Å². The van der Waals surface area contributed by atoms with Crippen LogP contribution in [-0.2, 0) is 6.54 Å². The fourth-order valence-electron chi connectivity index (χ4n) is 2.71. The molecule has 2 heterocycles. The van der Waals surface area contributed by atoms with Gasteiger partial charge in [-0.15, -0.1) is 0 Å². The Morgan fingerprint density at radius 1 is 1.39 bits per heavy atom. The summed E-state index contributed by atoms with van der Waals surface area (Å²) in [6, 6.07) is 3.95. The van der Waals surface area contributed by atoms with E-state index in [4.69, 9.17) is 4.42 Å². The molecule has 1 N–H and O–H groups in total. The summed E-state index contributed by atoms with van der Waals surface area (Å²) >= 11 is 0. The monoisotopic (exact) mass is 250 g/mol. The number of furan rings is 1. The van der Waals surface area contributed by atoms with Crippen molar-refractivity contribution in [1.82, 2.24) is 10.2 Å². The predicted octanol–water partition coefficient (Wildman–Crippen LogP) is 2.74. The number of rotatable bonds is 6. The summed E-state index contributed by atoms with van der Waals surface area (Å²) in [7, 11) is 0. The van der Waals surface area contributed by atoms with Crippen molar-refractivity contribution in [2.24, 2.45) is 11.8 Å². The molecule has 0 radical (unpaired) electrons. The average Bonchev–Trinajstić information content (AvgIpc) is 2.88. The molecule has 102 valence electrons. The van der Waals surface area contributed by atoms with Crippen molar-refractivity contribution in [3.8, 4) is 0 Å². The SMILES string of the molecule is CC(C)C1CCN(CCNCc2ccco2)CC1. The zero-order valence-electron chi connectivity index (χ0n) is 11.7. The van der Waals surface area contributed by atoms with Crippen LogP contribution in [0.1, 0.15) is 32.4 Å². The van der Waals surface area contributed by atoms with Crippen molar-refractivity contribution in [2.75, 3.05) is 26.2 Å². The van der Waals surface area contributed by atoms with Gasteiger partial charge in [-0.25, -0.2) is 0 Å². The van der Waals surface area contributed by atoms with Crippen LogP contribution in [0.15, 0.2) is 22.8 Å². The highest BCUT2D eigenvalue weighted by Gasteiger charge is 2.20. The Morgan fingerprint density at radius 3 is 2.78 bits per heavy atom. The van der Waals surface area contributed by atoms with Gasteiger partial charge in [0.05, 0.1) is 12.8 Å². The Balaban J connectivity index is 1.55. The Kier molecular flexibility index (Phi) is 5.26. The maximum atomic E-state index is 5.29. The van der Waals surface area contributed by atoms with E-state index in [2.05, 4.69) is 24.1 Å². The number of nitrogens with one attached hydrogen (secondary N) is 1. The van der Waals surface area contributed by atoms with Crippen molar-refractivity contribution in [3.63, 3.8) is 0 Å². The van der Waals surface area contributed by atoms with Gasteiger partial charge in [-0.1, -0.05) is 13.8 Å². The quantitative estimate of drug-likeness (QED) is 0.787. The average molecular weight is 250 g/mol. The lowest BCUT2D eigenvalue weighted by atomic mass is 9.87. The summed E-state index contributed by atoms with van der Waals surface area (Å²) in [5.74, 6) is 2.81. The lowest BCUT2D eigenvalue weighted by Crippen LogP contribution is -2.39. The zero-order chi connectivity index (χ0) is 12.8. The summed E-state index contributed by atoms with van der Waals surface area (Å²) in [6.07, 6.45) is 4.47. The van der Waals surface area contributed by atoms with Gasteiger partial charge >= 0.3 is 0 Å². The molecule has 1 saturated heterocycles. The van der Waals surface area contributed by atoms with Crippen LogP contribution in [0.4, 0.5) is 0 Å². The highest BCUT2D eigenvalue weighted by atomic mass is 16.3. The smallest absolute Gasteiger partial charge is 0.117 e. The summed E-state index contributed by atoms with van der Waals surface area (Å²) < 4.78 is 5.29. The topological polar surface area (TPSA) is 28.4 Å². The van der Waals surface area contributed by atoms with Crippen LogP contribution in [0.25, 0.3) is 0 Å². The lowest BCUT2D eigenvalue weighted by molar-refractivity contribution is 0.158. The van der Waals surface area contributed by atoms with Crippen LogP contribution in [0.5, 0.6) is 0 Å². The number of piperidine rings is 1. The molecule has 1 fully saturated rings. The van der Waals surface area contributed by atoms with Gasteiger partial charge in [0.15, 0.2) is 0 Å². The molecule has 0 bridgehead atoms. The van der Waals surface area contributed by atoms with E-state index in [0.717, 1.165) is 37.2 Å². The Morgan fingerprint density at radius 2 is 2.17 bits per heavy atom. The van der Waals surface area contributed by atoms with Crippen LogP contribution in [-0.4, -0.2) is 31.1 Å². The standard InChI is InChI=1S/C15H26N2O/c1-13(2)14-5-8-17(9-6-14)10-7-16-12-15-4-3-11-18-15/h3-4,11,13-14,16H,5-10,12H2,1-2H3. The second kappa shape index (κ2) is 6.95. The summed E-state index contributed by atoms with van der Waals surface area (Å²) in [4.78, 5) is 2.58. The number of likely N-dealkylation sites (tertiary alicyclic amines) is 1. The van der Waals surface area contributed by atoms with Crippen LogP contribution in [0, 0.1) is 11.8 Å². The maximum Gasteiger partial charge on any atom is 0.117 e. The van der Waals surface area contributed by atoms with E-state index in [1.807, 2.05) is 12.1 Å². The van der Waals surface area contributed by atoms with E-state index < -0.39 is 0 Å². The fourth-order valence-corrected chi connectivity index (χ4v) is 2.71. The Bertz CT molecular complexity index is 313. The third kappa shape index (κ3) is 4.14. The van der Waals surface area contributed by atoms with E-state index >= 15 is 0 Å². The molecule has 3 nitrogen and oxygen atoms in total. The molecule has 1 aliphatic rings. The summed E-state index contributed by atoms with van der Waals surface area (Å²) in [6.45, 7) is 10.3. The molecule has 0 aromatic carbocycles. The molecule has 0 aliphatic carbocycles. The Labute approximate surface area is 111 Å². The second-order valence-electron chi connectivity index (χ2n) is 5.68. The first kappa shape index (κ1) is 13.6. The highest BCUT2D eigenvalue weighted by Crippen LogP contribution is 2.23. The molecular weight excluding hydrogens is 224 g/mol. The molecule has 2 rings (SSSR count). The molecule has 0 unspecified atom stereocenters. The zero-order valence-corrected chi connectivity index (χ0v) is 11.7. The van der Waals surface area contributed by atoms with E-state index in [1.54, 1.807) is 6.26 Å². The first-order chi connectivity index (χ1) is 8.75.